The lowest BCUT2D eigenvalue weighted by Gasteiger charge is -2.26. The number of carbonyl (C=O) groups is 3. The number of hydrogen-bond donors (Lipinski definition) is 0. The molecular formula is C13H16F3NO5. The van der Waals surface area contributed by atoms with Crippen LogP contribution in [0.4, 0.5) is 18.0 Å². The Hall–Kier alpha value is -2.06. The van der Waals surface area contributed by atoms with Gasteiger partial charge in [0.2, 0.25) is 0 Å². The van der Waals surface area contributed by atoms with Gasteiger partial charge in [0.15, 0.2) is 0 Å². The van der Waals surface area contributed by atoms with Gasteiger partial charge in [0, 0.05) is 18.2 Å². The zero-order valence-corrected chi connectivity index (χ0v) is 12.5. The van der Waals surface area contributed by atoms with Crippen LogP contribution in [0.5, 0.6) is 0 Å². The lowest BCUT2D eigenvalue weighted by molar-refractivity contribution is -0.166. The van der Waals surface area contributed by atoms with E-state index in [1.165, 1.54) is 0 Å². The first-order valence-electron chi connectivity index (χ1n) is 6.28. The first kappa shape index (κ1) is 18.0. The van der Waals surface area contributed by atoms with Gasteiger partial charge in [-0.3, -0.25) is 9.69 Å². The van der Waals surface area contributed by atoms with E-state index in [1.807, 2.05) is 0 Å². The molecule has 124 valence electrons. The van der Waals surface area contributed by atoms with Crippen LogP contribution in [-0.2, 0) is 19.1 Å². The number of alkyl halides is 3. The van der Waals surface area contributed by atoms with Crippen LogP contribution >= 0.6 is 0 Å². The summed E-state index contributed by atoms with van der Waals surface area (Å²) < 4.78 is 46.9. The van der Waals surface area contributed by atoms with Gasteiger partial charge in [-0.05, 0) is 20.8 Å². The van der Waals surface area contributed by atoms with Gasteiger partial charge in [0.05, 0.1) is 7.11 Å². The maximum atomic E-state index is 12.5. The van der Waals surface area contributed by atoms with Gasteiger partial charge in [-0.2, -0.15) is 13.2 Å². The van der Waals surface area contributed by atoms with Gasteiger partial charge < -0.3 is 9.47 Å². The van der Waals surface area contributed by atoms with E-state index in [2.05, 4.69) is 4.74 Å². The molecule has 6 nitrogen and oxygen atoms in total. The number of ether oxygens (including phenoxy) is 2. The highest BCUT2D eigenvalue weighted by molar-refractivity contribution is 6.02. The molecule has 0 radical (unpaired) electrons. The summed E-state index contributed by atoms with van der Waals surface area (Å²) in [5.74, 6) is -3.04. The van der Waals surface area contributed by atoms with Gasteiger partial charge in [-0.1, -0.05) is 0 Å². The summed E-state index contributed by atoms with van der Waals surface area (Å²) in [6, 6.07) is -1.36. The molecule has 0 aromatic carbocycles. The minimum absolute atomic E-state index is 0.579. The topological polar surface area (TPSA) is 72.9 Å². The average molecular weight is 323 g/mol. The molecule has 0 aromatic rings. The lowest BCUT2D eigenvalue weighted by Crippen LogP contribution is -2.42. The first-order chi connectivity index (χ1) is 9.86. The smallest absolute Gasteiger partial charge is 0.454 e. The average Bonchev–Trinajstić information content (AvgIpc) is 2.78. The standard InChI is InChI=1S/C13H16F3NO5/c1-12(2,3)22-11(20)17-6-7(9(18)13(14,15)16)5-8(17)10(19)21-4/h6,8H,5H2,1-4H3/t8-/m0/s1. The quantitative estimate of drug-likeness (QED) is 0.728. The Balaban J connectivity index is 3.07. The Kier molecular flexibility index (Phi) is 4.89. The van der Waals surface area contributed by atoms with Crippen molar-refractivity contribution in [3.8, 4) is 0 Å². The predicted octanol–water partition coefficient (Wildman–Crippen LogP) is 2.18. The molecule has 9 heteroatoms. The highest BCUT2D eigenvalue weighted by Gasteiger charge is 2.47. The second-order valence-corrected chi connectivity index (χ2v) is 5.61. The van der Waals surface area contributed by atoms with E-state index >= 15 is 0 Å². The zero-order chi connectivity index (χ0) is 17.3. The highest BCUT2D eigenvalue weighted by atomic mass is 19.4. The van der Waals surface area contributed by atoms with Crippen LogP contribution in [-0.4, -0.2) is 47.7 Å². The molecule has 1 atom stereocenters. The molecule has 0 spiro atoms. The molecule has 0 aromatic heterocycles. The first-order valence-corrected chi connectivity index (χ1v) is 6.28. The molecule has 22 heavy (non-hydrogen) atoms. The molecule has 0 fully saturated rings. The number of hydrogen-bond acceptors (Lipinski definition) is 5. The number of rotatable bonds is 2. The molecule has 0 aliphatic carbocycles. The maximum Gasteiger partial charge on any atom is 0.454 e. The third-order valence-electron chi connectivity index (χ3n) is 2.67. The van der Waals surface area contributed by atoms with Crippen molar-refractivity contribution >= 4 is 17.8 Å². The van der Waals surface area contributed by atoms with Gasteiger partial charge >= 0.3 is 18.2 Å². The van der Waals surface area contributed by atoms with Gasteiger partial charge in [0.25, 0.3) is 5.78 Å². The molecule has 1 heterocycles. The van der Waals surface area contributed by atoms with Crippen molar-refractivity contribution in [2.75, 3.05) is 7.11 Å². The molecule has 0 saturated heterocycles. The molecule has 1 aliphatic heterocycles. The fourth-order valence-corrected chi connectivity index (χ4v) is 1.78. The van der Waals surface area contributed by atoms with Crippen molar-refractivity contribution < 1.29 is 37.0 Å². The molecular weight excluding hydrogens is 307 g/mol. The number of esters is 1. The fraction of sp³-hybridized carbons (Fsp3) is 0.615. The predicted molar refractivity (Wildman–Crippen MR) is 67.6 cm³/mol. The van der Waals surface area contributed by atoms with Crippen LogP contribution in [0, 0.1) is 0 Å². The Labute approximate surface area is 124 Å². The van der Waals surface area contributed by atoms with Crippen molar-refractivity contribution in [1.82, 2.24) is 4.90 Å². The fourth-order valence-electron chi connectivity index (χ4n) is 1.78. The van der Waals surface area contributed by atoms with E-state index < -0.39 is 47.7 Å². The van der Waals surface area contributed by atoms with E-state index in [-0.39, 0.29) is 0 Å². The summed E-state index contributed by atoms with van der Waals surface area (Å²) in [7, 11) is 1.03. The zero-order valence-electron chi connectivity index (χ0n) is 12.5. The van der Waals surface area contributed by atoms with Crippen molar-refractivity contribution in [3.05, 3.63) is 11.8 Å². The number of amides is 1. The number of nitrogens with zero attached hydrogens (tertiary/aromatic N) is 1. The molecule has 1 rings (SSSR count). The normalized spacial score (nSPS) is 18.8. The highest BCUT2D eigenvalue weighted by Crippen LogP contribution is 2.30. The van der Waals surface area contributed by atoms with Crippen molar-refractivity contribution in [2.24, 2.45) is 0 Å². The Morgan fingerprint density at radius 2 is 1.77 bits per heavy atom. The third kappa shape index (κ3) is 4.22. The minimum atomic E-state index is -5.09. The number of Topliss-reactive ketones (excluding diaryl/α,β-unsaturated/α-hetero) is 1. The van der Waals surface area contributed by atoms with Crippen molar-refractivity contribution in [1.29, 1.82) is 0 Å². The molecule has 0 unspecified atom stereocenters. The largest absolute Gasteiger partial charge is 0.467 e. The van der Waals surface area contributed by atoms with Crippen LogP contribution in [0.3, 0.4) is 0 Å². The molecule has 0 bridgehead atoms. The molecule has 0 N–H and O–H groups in total. The summed E-state index contributed by atoms with van der Waals surface area (Å²) >= 11 is 0. The number of halogens is 3. The Bertz CT molecular complexity index is 519. The number of methoxy groups -OCH3 is 1. The van der Waals surface area contributed by atoms with Gasteiger partial charge in [-0.15, -0.1) is 0 Å². The van der Waals surface area contributed by atoms with E-state index in [4.69, 9.17) is 4.74 Å². The van der Waals surface area contributed by atoms with E-state index in [1.54, 1.807) is 20.8 Å². The van der Waals surface area contributed by atoms with Gasteiger partial charge in [-0.25, -0.2) is 9.59 Å². The molecule has 0 saturated carbocycles. The third-order valence-corrected chi connectivity index (χ3v) is 2.67. The maximum absolute atomic E-state index is 12.5. The summed E-state index contributed by atoms with van der Waals surface area (Å²) in [4.78, 5) is 35.5. The van der Waals surface area contributed by atoms with Crippen LogP contribution in [0.1, 0.15) is 27.2 Å². The molecule has 1 aliphatic rings. The summed E-state index contributed by atoms with van der Waals surface area (Å²) in [6.45, 7) is 4.67. The van der Waals surface area contributed by atoms with Crippen LogP contribution in [0.2, 0.25) is 0 Å². The van der Waals surface area contributed by atoms with Crippen LogP contribution < -0.4 is 0 Å². The van der Waals surface area contributed by atoms with E-state index in [0.29, 0.717) is 11.1 Å². The second-order valence-electron chi connectivity index (χ2n) is 5.61. The van der Waals surface area contributed by atoms with E-state index in [9.17, 15) is 27.6 Å². The lowest BCUT2D eigenvalue weighted by atomic mass is 10.1. The van der Waals surface area contributed by atoms with Crippen LogP contribution in [0.25, 0.3) is 0 Å². The SMILES string of the molecule is COC(=O)[C@@H]1CC(C(=O)C(F)(F)F)=CN1C(=O)OC(C)(C)C. The Morgan fingerprint density at radius 3 is 2.18 bits per heavy atom. The summed E-state index contributed by atoms with van der Waals surface area (Å²) in [6.07, 6.45) is -6.01. The minimum Gasteiger partial charge on any atom is -0.467 e. The molecule has 1 amide bonds. The summed E-state index contributed by atoms with van der Waals surface area (Å²) in [5, 5.41) is 0. The summed E-state index contributed by atoms with van der Waals surface area (Å²) in [5.41, 5.74) is -1.61. The second kappa shape index (κ2) is 5.98. The monoisotopic (exact) mass is 323 g/mol. The van der Waals surface area contributed by atoms with E-state index in [0.717, 1.165) is 7.11 Å². The Morgan fingerprint density at radius 1 is 1.23 bits per heavy atom. The van der Waals surface area contributed by atoms with Gasteiger partial charge in [0.1, 0.15) is 11.6 Å². The number of carbonyl (C=O) groups excluding carboxylic acids is 3. The van der Waals surface area contributed by atoms with Crippen molar-refractivity contribution in [2.45, 2.75) is 45.0 Å². The number of ketones is 1. The van der Waals surface area contributed by atoms with Crippen LogP contribution in [0.15, 0.2) is 11.8 Å². The van der Waals surface area contributed by atoms with Crippen molar-refractivity contribution in [3.63, 3.8) is 0 Å².